The number of nitrogens with two attached hydrogens (primary N) is 1. The number of unbranched alkanes of at least 4 members (excludes halogenated alkanes) is 7. The fourth-order valence-corrected chi connectivity index (χ4v) is 2.75. The summed E-state index contributed by atoms with van der Waals surface area (Å²) in [6.45, 7) is 4.63. The van der Waals surface area contributed by atoms with Crippen LogP contribution in [0.15, 0.2) is 0 Å². The van der Waals surface area contributed by atoms with E-state index < -0.39 is 0 Å². The second-order valence-corrected chi connectivity index (χ2v) is 6.12. The van der Waals surface area contributed by atoms with Crippen LogP contribution in [-0.4, -0.2) is 6.04 Å². The Morgan fingerprint density at radius 2 is 1.47 bits per heavy atom. The summed E-state index contributed by atoms with van der Waals surface area (Å²) >= 11 is 0. The van der Waals surface area contributed by atoms with Gasteiger partial charge in [0.2, 0.25) is 0 Å². The Kier molecular flexibility index (Phi) is 7.92. The van der Waals surface area contributed by atoms with Gasteiger partial charge in [0.25, 0.3) is 0 Å². The molecule has 1 rings (SSSR count). The average Bonchev–Trinajstić information content (AvgIpc) is 3.15. The van der Waals surface area contributed by atoms with Gasteiger partial charge in [-0.25, -0.2) is 0 Å². The van der Waals surface area contributed by atoms with E-state index in [0.717, 1.165) is 11.8 Å². The lowest BCUT2D eigenvalue weighted by Crippen LogP contribution is -2.29. The van der Waals surface area contributed by atoms with E-state index in [1.165, 1.54) is 70.6 Å². The molecular weight excluding hydrogens is 206 g/mol. The van der Waals surface area contributed by atoms with Crippen LogP contribution < -0.4 is 5.73 Å². The Balaban J connectivity index is 1.83. The average molecular weight is 239 g/mol. The summed E-state index contributed by atoms with van der Waals surface area (Å²) in [6.07, 6.45) is 15.4. The molecule has 0 amide bonds. The summed E-state index contributed by atoms with van der Waals surface area (Å²) in [7, 11) is 0. The summed E-state index contributed by atoms with van der Waals surface area (Å²) < 4.78 is 0. The highest BCUT2D eigenvalue weighted by molar-refractivity contribution is 4.84. The van der Waals surface area contributed by atoms with E-state index in [-0.39, 0.29) is 0 Å². The molecule has 0 heterocycles. The summed E-state index contributed by atoms with van der Waals surface area (Å²) in [5.41, 5.74) is 6.24. The van der Waals surface area contributed by atoms with Crippen LogP contribution in [0.5, 0.6) is 0 Å². The minimum absolute atomic E-state index is 0.475. The van der Waals surface area contributed by atoms with Crippen molar-refractivity contribution in [1.82, 2.24) is 0 Å². The Hall–Kier alpha value is -0.0400. The Morgan fingerprint density at radius 3 is 2.00 bits per heavy atom. The van der Waals surface area contributed by atoms with Crippen LogP contribution in [0.3, 0.4) is 0 Å². The van der Waals surface area contributed by atoms with Gasteiger partial charge in [0.05, 0.1) is 0 Å². The van der Waals surface area contributed by atoms with Crippen LogP contribution >= 0.6 is 0 Å². The van der Waals surface area contributed by atoms with Crippen LogP contribution in [0.1, 0.15) is 84.5 Å². The number of rotatable bonds is 11. The molecule has 102 valence electrons. The second kappa shape index (κ2) is 8.97. The van der Waals surface area contributed by atoms with Gasteiger partial charge in [-0.2, -0.15) is 0 Å². The molecule has 0 radical (unpaired) electrons. The Morgan fingerprint density at radius 1 is 0.941 bits per heavy atom. The molecule has 1 aliphatic rings. The molecule has 2 atom stereocenters. The molecule has 0 saturated heterocycles. The Bertz CT molecular complexity index is 174. The first-order valence-electron chi connectivity index (χ1n) is 8.01. The lowest BCUT2D eigenvalue weighted by atomic mass is 9.93. The van der Waals surface area contributed by atoms with Crippen molar-refractivity contribution < 1.29 is 0 Å². The van der Waals surface area contributed by atoms with Crippen molar-refractivity contribution in [3.8, 4) is 0 Å². The number of hydrogen-bond donors (Lipinski definition) is 1. The van der Waals surface area contributed by atoms with Crippen molar-refractivity contribution in [1.29, 1.82) is 0 Å². The lowest BCUT2D eigenvalue weighted by Gasteiger charge is -2.19. The van der Waals surface area contributed by atoms with Crippen molar-refractivity contribution in [2.45, 2.75) is 90.5 Å². The fraction of sp³-hybridized carbons (Fsp3) is 1.00. The lowest BCUT2D eigenvalue weighted by molar-refractivity contribution is 0.375. The van der Waals surface area contributed by atoms with Gasteiger partial charge in [-0.15, -0.1) is 0 Å². The maximum Gasteiger partial charge on any atom is 0.00671 e. The maximum atomic E-state index is 6.24. The van der Waals surface area contributed by atoms with E-state index in [0.29, 0.717) is 6.04 Å². The highest BCUT2D eigenvalue weighted by atomic mass is 14.7. The topological polar surface area (TPSA) is 26.0 Å². The van der Waals surface area contributed by atoms with Gasteiger partial charge >= 0.3 is 0 Å². The van der Waals surface area contributed by atoms with Crippen molar-refractivity contribution >= 4 is 0 Å². The minimum atomic E-state index is 0.475. The van der Waals surface area contributed by atoms with Gasteiger partial charge in [0.1, 0.15) is 0 Å². The zero-order valence-electron chi connectivity index (χ0n) is 12.1. The molecule has 2 unspecified atom stereocenters. The summed E-state index contributed by atoms with van der Waals surface area (Å²) in [6, 6.07) is 0.475. The Labute approximate surface area is 109 Å². The molecular formula is C16H33N. The summed E-state index contributed by atoms with van der Waals surface area (Å²) in [5, 5.41) is 0. The van der Waals surface area contributed by atoms with E-state index in [9.17, 15) is 0 Å². The van der Waals surface area contributed by atoms with Crippen molar-refractivity contribution in [3.63, 3.8) is 0 Å². The molecule has 0 aromatic carbocycles. The van der Waals surface area contributed by atoms with Crippen LogP contribution in [0, 0.1) is 11.8 Å². The smallest absolute Gasteiger partial charge is 0.00671 e. The van der Waals surface area contributed by atoms with E-state index in [1.807, 2.05) is 0 Å². The molecule has 17 heavy (non-hydrogen) atoms. The van der Waals surface area contributed by atoms with Crippen molar-refractivity contribution in [3.05, 3.63) is 0 Å². The molecule has 1 heteroatoms. The molecule has 2 N–H and O–H groups in total. The van der Waals surface area contributed by atoms with Crippen LogP contribution in [0.4, 0.5) is 0 Å². The summed E-state index contributed by atoms with van der Waals surface area (Å²) in [4.78, 5) is 0. The predicted molar refractivity (Wildman–Crippen MR) is 77.1 cm³/mol. The predicted octanol–water partition coefficient (Wildman–Crippen LogP) is 4.89. The first-order chi connectivity index (χ1) is 8.25. The fourth-order valence-electron chi connectivity index (χ4n) is 2.75. The normalized spacial score (nSPS) is 19.2. The van der Waals surface area contributed by atoms with Crippen molar-refractivity contribution in [2.75, 3.05) is 0 Å². The van der Waals surface area contributed by atoms with Gasteiger partial charge in [0, 0.05) is 6.04 Å². The molecule has 0 bridgehead atoms. The minimum Gasteiger partial charge on any atom is -0.327 e. The number of hydrogen-bond acceptors (Lipinski definition) is 1. The molecule has 0 aliphatic heterocycles. The molecule has 1 nitrogen and oxygen atoms in total. The zero-order chi connectivity index (χ0) is 12.5. The van der Waals surface area contributed by atoms with Crippen molar-refractivity contribution in [2.24, 2.45) is 17.6 Å². The van der Waals surface area contributed by atoms with Gasteiger partial charge in [-0.3, -0.25) is 0 Å². The summed E-state index contributed by atoms with van der Waals surface area (Å²) in [5.74, 6) is 1.75. The first-order valence-corrected chi connectivity index (χ1v) is 8.01. The van der Waals surface area contributed by atoms with E-state index in [2.05, 4.69) is 13.8 Å². The van der Waals surface area contributed by atoms with Gasteiger partial charge < -0.3 is 5.73 Å². The largest absolute Gasteiger partial charge is 0.327 e. The maximum absolute atomic E-state index is 6.24. The monoisotopic (exact) mass is 239 g/mol. The third-order valence-electron chi connectivity index (χ3n) is 4.43. The van der Waals surface area contributed by atoms with Gasteiger partial charge in [-0.05, 0) is 31.1 Å². The molecule has 1 saturated carbocycles. The first kappa shape index (κ1) is 15.0. The molecule has 0 spiro atoms. The van der Waals surface area contributed by atoms with E-state index in [4.69, 9.17) is 5.73 Å². The third kappa shape index (κ3) is 7.08. The van der Waals surface area contributed by atoms with E-state index in [1.54, 1.807) is 0 Å². The second-order valence-electron chi connectivity index (χ2n) is 6.12. The van der Waals surface area contributed by atoms with Crippen LogP contribution in [-0.2, 0) is 0 Å². The van der Waals surface area contributed by atoms with Crippen LogP contribution in [0.2, 0.25) is 0 Å². The quantitative estimate of drug-likeness (QED) is 0.510. The highest BCUT2D eigenvalue weighted by Crippen LogP contribution is 2.38. The highest BCUT2D eigenvalue weighted by Gasteiger charge is 2.31. The molecule has 0 aromatic rings. The van der Waals surface area contributed by atoms with Gasteiger partial charge in [-0.1, -0.05) is 65.2 Å². The standard InChI is InChI=1S/C16H33N/c1-3-4-5-6-7-8-9-10-11-16(17)14(2)15-12-13-15/h14-16H,3-13,17H2,1-2H3. The molecule has 0 aromatic heterocycles. The van der Waals surface area contributed by atoms with E-state index >= 15 is 0 Å². The molecule has 1 fully saturated rings. The SMILES string of the molecule is CCCCCCCCCCC(N)C(C)C1CC1. The third-order valence-corrected chi connectivity index (χ3v) is 4.43. The van der Waals surface area contributed by atoms with Gasteiger partial charge in [0.15, 0.2) is 0 Å². The zero-order valence-corrected chi connectivity index (χ0v) is 12.1. The molecule has 1 aliphatic carbocycles. The van der Waals surface area contributed by atoms with Crippen LogP contribution in [0.25, 0.3) is 0 Å².